The Morgan fingerprint density at radius 2 is 1.73 bits per heavy atom. The van der Waals surface area contributed by atoms with E-state index in [0.717, 1.165) is 32.0 Å². The Kier molecular flexibility index (Phi) is 2.86. The van der Waals surface area contributed by atoms with E-state index in [1.807, 2.05) is 4.90 Å². The zero-order chi connectivity index (χ0) is 10.8. The number of benzene rings is 1. The molecule has 0 aromatic heterocycles. The van der Waals surface area contributed by atoms with Gasteiger partial charge in [0.25, 0.3) is 0 Å². The van der Waals surface area contributed by atoms with E-state index >= 15 is 0 Å². The third kappa shape index (κ3) is 1.95. The summed E-state index contributed by atoms with van der Waals surface area (Å²) in [7, 11) is 0. The van der Waals surface area contributed by atoms with Crippen LogP contribution in [0, 0.1) is 11.6 Å². The summed E-state index contributed by atoms with van der Waals surface area (Å²) in [6.45, 7) is 1.43. The molecule has 1 heterocycles. The monoisotopic (exact) mass is 213 g/mol. The third-order valence-corrected chi connectivity index (χ3v) is 2.74. The van der Waals surface area contributed by atoms with Crippen molar-refractivity contribution in [2.75, 3.05) is 18.0 Å². The first-order valence-corrected chi connectivity index (χ1v) is 5.06. The van der Waals surface area contributed by atoms with Crippen LogP contribution in [0.1, 0.15) is 18.4 Å². The fourth-order valence-corrected chi connectivity index (χ4v) is 1.96. The van der Waals surface area contributed by atoms with Crippen LogP contribution in [0.4, 0.5) is 14.5 Å². The molecule has 1 fully saturated rings. The van der Waals surface area contributed by atoms with Crippen LogP contribution in [0.15, 0.2) is 12.1 Å². The molecule has 15 heavy (non-hydrogen) atoms. The Bertz CT molecular complexity index is 362. The molecule has 1 aromatic carbocycles. The molecule has 1 saturated heterocycles. The van der Waals surface area contributed by atoms with E-state index in [2.05, 4.69) is 0 Å². The molecule has 0 bridgehead atoms. The van der Waals surface area contributed by atoms with Gasteiger partial charge in [-0.1, -0.05) is 0 Å². The summed E-state index contributed by atoms with van der Waals surface area (Å²) in [6, 6.07) is 2.25. The van der Waals surface area contributed by atoms with Gasteiger partial charge >= 0.3 is 0 Å². The van der Waals surface area contributed by atoms with Gasteiger partial charge in [0.05, 0.1) is 6.61 Å². The summed E-state index contributed by atoms with van der Waals surface area (Å²) in [5.41, 5.74) is 1.07. The van der Waals surface area contributed by atoms with Crippen molar-refractivity contribution < 1.29 is 13.9 Å². The maximum Gasteiger partial charge on any atom is 0.160 e. The number of hydrogen-bond acceptors (Lipinski definition) is 2. The van der Waals surface area contributed by atoms with Crippen molar-refractivity contribution in [3.05, 3.63) is 29.3 Å². The van der Waals surface area contributed by atoms with Gasteiger partial charge in [-0.3, -0.25) is 0 Å². The zero-order valence-electron chi connectivity index (χ0n) is 8.34. The molecule has 0 unspecified atom stereocenters. The van der Waals surface area contributed by atoms with E-state index in [4.69, 9.17) is 5.11 Å². The lowest BCUT2D eigenvalue weighted by atomic mass is 10.1. The Hall–Kier alpha value is -1.16. The molecule has 4 heteroatoms. The van der Waals surface area contributed by atoms with Gasteiger partial charge in [-0.15, -0.1) is 0 Å². The minimum atomic E-state index is -0.901. The average molecular weight is 213 g/mol. The summed E-state index contributed by atoms with van der Waals surface area (Å²) in [4.78, 5) is 1.98. The Morgan fingerprint density at radius 1 is 1.13 bits per heavy atom. The summed E-state index contributed by atoms with van der Waals surface area (Å²) in [5.74, 6) is -1.75. The van der Waals surface area contributed by atoms with Crippen molar-refractivity contribution in [3.8, 4) is 0 Å². The van der Waals surface area contributed by atoms with E-state index < -0.39 is 11.6 Å². The first-order valence-electron chi connectivity index (χ1n) is 5.06. The molecule has 1 aromatic rings. The lowest BCUT2D eigenvalue weighted by Crippen LogP contribution is -2.19. The minimum Gasteiger partial charge on any atom is -0.392 e. The van der Waals surface area contributed by atoms with E-state index in [1.165, 1.54) is 6.07 Å². The smallest absolute Gasteiger partial charge is 0.160 e. The second kappa shape index (κ2) is 4.14. The molecule has 0 atom stereocenters. The molecular formula is C11H13F2NO. The lowest BCUT2D eigenvalue weighted by molar-refractivity contribution is 0.281. The molecule has 1 aliphatic rings. The van der Waals surface area contributed by atoms with Gasteiger partial charge in [0.15, 0.2) is 11.6 Å². The minimum absolute atomic E-state index is 0.261. The van der Waals surface area contributed by atoms with Crippen LogP contribution in [-0.2, 0) is 6.61 Å². The Morgan fingerprint density at radius 3 is 2.33 bits per heavy atom. The largest absolute Gasteiger partial charge is 0.392 e. The topological polar surface area (TPSA) is 23.5 Å². The second-order valence-corrected chi connectivity index (χ2v) is 3.75. The van der Waals surface area contributed by atoms with Crippen LogP contribution >= 0.6 is 0 Å². The highest BCUT2D eigenvalue weighted by Gasteiger charge is 2.18. The van der Waals surface area contributed by atoms with E-state index in [0.29, 0.717) is 11.3 Å². The fraction of sp³-hybridized carbons (Fsp3) is 0.455. The first kappa shape index (κ1) is 10.4. The van der Waals surface area contributed by atoms with Crippen LogP contribution in [0.5, 0.6) is 0 Å². The maximum atomic E-state index is 13.1. The van der Waals surface area contributed by atoms with Crippen molar-refractivity contribution >= 4 is 5.69 Å². The number of aliphatic hydroxyl groups is 1. The predicted octanol–water partition coefficient (Wildman–Crippen LogP) is 2.06. The molecule has 0 spiro atoms. The number of aliphatic hydroxyl groups excluding tert-OH is 1. The number of rotatable bonds is 2. The van der Waals surface area contributed by atoms with Gasteiger partial charge in [0.2, 0.25) is 0 Å². The predicted molar refractivity (Wildman–Crippen MR) is 53.7 cm³/mol. The second-order valence-electron chi connectivity index (χ2n) is 3.75. The number of nitrogens with zero attached hydrogens (tertiary/aromatic N) is 1. The summed E-state index contributed by atoms with van der Waals surface area (Å²) in [6.07, 6.45) is 2.12. The normalized spacial score (nSPS) is 16.1. The van der Waals surface area contributed by atoms with Crippen molar-refractivity contribution in [3.63, 3.8) is 0 Å². The van der Waals surface area contributed by atoms with Crippen LogP contribution in [-0.4, -0.2) is 18.2 Å². The van der Waals surface area contributed by atoms with Crippen molar-refractivity contribution in [2.45, 2.75) is 19.4 Å². The first-order chi connectivity index (χ1) is 7.22. The highest BCUT2D eigenvalue weighted by atomic mass is 19.2. The van der Waals surface area contributed by atoms with E-state index in [9.17, 15) is 8.78 Å². The summed E-state index contributed by atoms with van der Waals surface area (Å²) < 4.78 is 26.0. The molecule has 2 rings (SSSR count). The number of anilines is 1. The molecule has 82 valence electrons. The van der Waals surface area contributed by atoms with Gasteiger partial charge in [-0.05, 0) is 18.9 Å². The van der Waals surface area contributed by atoms with Crippen molar-refractivity contribution in [2.24, 2.45) is 0 Å². The highest BCUT2D eigenvalue weighted by molar-refractivity contribution is 5.54. The molecule has 0 radical (unpaired) electrons. The molecule has 1 aliphatic heterocycles. The fourth-order valence-electron chi connectivity index (χ4n) is 1.96. The van der Waals surface area contributed by atoms with Gasteiger partial charge in [-0.2, -0.15) is 0 Å². The van der Waals surface area contributed by atoms with Gasteiger partial charge in [-0.25, -0.2) is 8.78 Å². The standard InChI is InChI=1S/C11H13F2NO/c12-9-5-8(7-15)11(6-10(9)13)14-3-1-2-4-14/h5-6,15H,1-4,7H2. The number of hydrogen-bond donors (Lipinski definition) is 1. The maximum absolute atomic E-state index is 13.1. The van der Waals surface area contributed by atoms with Crippen LogP contribution in [0.25, 0.3) is 0 Å². The molecule has 0 amide bonds. The Balaban J connectivity index is 2.39. The lowest BCUT2D eigenvalue weighted by Gasteiger charge is -2.20. The molecule has 2 nitrogen and oxygen atoms in total. The van der Waals surface area contributed by atoms with Crippen molar-refractivity contribution in [1.82, 2.24) is 0 Å². The van der Waals surface area contributed by atoms with E-state index in [1.54, 1.807) is 0 Å². The van der Waals surface area contributed by atoms with Gasteiger partial charge < -0.3 is 10.0 Å². The zero-order valence-corrected chi connectivity index (χ0v) is 8.34. The Labute approximate surface area is 87.1 Å². The van der Waals surface area contributed by atoms with Crippen LogP contribution in [0.2, 0.25) is 0 Å². The summed E-state index contributed by atoms with van der Waals surface area (Å²) >= 11 is 0. The van der Waals surface area contributed by atoms with E-state index in [-0.39, 0.29) is 6.61 Å². The van der Waals surface area contributed by atoms with Gasteiger partial charge in [0.1, 0.15) is 0 Å². The van der Waals surface area contributed by atoms with Crippen molar-refractivity contribution in [1.29, 1.82) is 0 Å². The quantitative estimate of drug-likeness (QED) is 0.812. The molecule has 0 aliphatic carbocycles. The third-order valence-electron chi connectivity index (χ3n) is 2.74. The summed E-state index contributed by atoms with van der Waals surface area (Å²) in [5, 5.41) is 9.08. The number of halogens is 2. The highest BCUT2D eigenvalue weighted by Crippen LogP contribution is 2.27. The molecule has 1 N–H and O–H groups in total. The van der Waals surface area contributed by atoms with Gasteiger partial charge in [0, 0.05) is 30.4 Å². The SMILES string of the molecule is OCc1cc(F)c(F)cc1N1CCCC1. The van der Waals surface area contributed by atoms with Crippen LogP contribution in [0.3, 0.4) is 0 Å². The van der Waals surface area contributed by atoms with Crippen LogP contribution < -0.4 is 4.90 Å². The molecular weight excluding hydrogens is 200 g/mol. The molecule has 0 saturated carbocycles. The average Bonchev–Trinajstić information content (AvgIpc) is 2.74.